The van der Waals surface area contributed by atoms with Crippen LogP contribution in [0, 0.1) is 13.8 Å². The lowest BCUT2D eigenvalue weighted by Crippen LogP contribution is -2.35. The first-order chi connectivity index (χ1) is 8.47. The summed E-state index contributed by atoms with van der Waals surface area (Å²) in [5, 5.41) is 9.34. The van der Waals surface area contributed by atoms with Gasteiger partial charge in [-0.1, -0.05) is 13.0 Å². The number of thioether (sulfide) groups is 1. The third-order valence-electron chi connectivity index (χ3n) is 3.13. The molecule has 1 aromatic rings. The first kappa shape index (κ1) is 13.3. The normalized spacial score (nSPS) is 18.6. The van der Waals surface area contributed by atoms with Crippen LogP contribution in [0.1, 0.15) is 24.5 Å². The van der Waals surface area contributed by atoms with E-state index in [9.17, 15) is 4.79 Å². The third-order valence-corrected chi connectivity index (χ3v) is 4.45. The van der Waals surface area contributed by atoms with E-state index < -0.39 is 5.97 Å². The molecule has 0 aromatic heterocycles. The van der Waals surface area contributed by atoms with Gasteiger partial charge >= 0.3 is 5.97 Å². The predicted octanol–water partition coefficient (Wildman–Crippen LogP) is 3.08. The molecule has 2 rings (SSSR count). The number of hydrogen-bond acceptors (Lipinski definition) is 3. The fourth-order valence-corrected chi connectivity index (χ4v) is 3.62. The lowest BCUT2D eigenvalue weighted by Gasteiger charge is -2.35. The quantitative estimate of drug-likeness (QED) is 0.912. The molecule has 1 N–H and O–H groups in total. The fraction of sp³-hybridized carbons (Fsp3) is 0.500. The van der Waals surface area contributed by atoms with E-state index in [1.807, 2.05) is 11.8 Å². The number of aliphatic carboxylic acids is 1. The van der Waals surface area contributed by atoms with Crippen molar-refractivity contribution in [1.29, 1.82) is 0 Å². The van der Waals surface area contributed by atoms with Gasteiger partial charge in [0.1, 0.15) is 0 Å². The Bertz CT molecular complexity index is 473. The van der Waals surface area contributed by atoms with Crippen molar-refractivity contribution in [1.82, 2.24) is 0 Å². The van der Waals surface area contributed by atoms with Gasteiger partial charge in [0.25, 0.3) is 0 Å². The van der Waals surface area contributed by atoms with Crippen LogP contribution < -0.4 is 4.90 Å². The zero-order valence-electron chi connectivity index (χ0n) is 11.1. The minimum atomic E-state index is -0.730. The van der Waals surface area contributed by atoms with Gasteiger partial charge in [0, 0.05) is 23.2 Å². The Morgan fingerprint density at radius 2 is 2.22 bits per heavy atom. The number of nitrogens with zero attached hydrogens (tertiary/aromatic N) is 1. The minimum Gasteiger partial charge on any atom is -0.481 e. The van der Waals surface area contributed by atoms with E-state index >= 15 is 0 Å². The zero-order valence-corrected chi connectivity index (χ0v) is 11.9. The lowest BCUT2D eigenvalue weighted by atomic mass is 10.1. The van der Waals surface area contributed by atoms with Crippen molar-refractivity contribution in [2.75, 3.05) is 18.0 Å². The maximum atomic E-state index is 10.7. The molecule has 0 amide bonds. The van der Waals surface area contributed by atoms with Gasteiger partial charge in [-0.2, -0.15) is 0 Å². The van der Waals surface area contributed by atoms with E-state index in [4.69, 9.17) is 5.11 Å². The second-order valence-corrected chi connectivity index (χ2v) is 6.40. The Hall–Kier alpha value is -1.16. The van der Waals surface area contributed by atoms with Crippen LogP contribution in [0.4, 0.5) is 5.69 Å². The summed E-state index contributed by atoms with van der Waals surface area (Å²) in [7, 11) is 0. The first-order valence-electron chi connectivity index (χ1n) is 6.22. The molecule has 0 spiro atoms. The monoisotopic (exact) mass is 265 g/mol. The largest absolute Gasteiger partial charge is 0.481 e. The zero-order chi connectivity index (χ0) is 13.3. The Labute approximate surface area is 112 Å². The lowest BCUT2D eigenvalue weighted by molar-refractivity contribution is -0.136. The second-order valence-electron chi connectivity index (χ2n) is 4.95. The van der Waals surface area contributed by atoms with Crippen molar-refractivity contribution < 1.29 is 9.90 Å². The van der Waals surface area contributed by atoms with Crippen LogP contribution in [0.5, 0.6) is 0 Å². The number of aryl methyl sites for hydroxylation is 2. The summed E-state index contributed by atoms with van der Waals surface area (Å²) in [6, 6.07) is 4.36. The van der Waals surface area contributed by atoms with Gasteiger partial charge in [-0.15, -0.1) is 11.8 Å². The summed E-state index contributed by atoms with van der Waals surface area (Å²) in [5.41, 5.74) is 3.74. The number of benzene rings is 1. The Balaban J connectivity index is 2.32. The van der Waals surface area contributed by atoms with Crippen LogP contribution in [0.15, 0.2) is 17.0 Å². The Kier molecular flexibility index (Phi) is 3.85. The van der Waals surface area contributed by atoms with Gasteiger partial charge in [-0.05, 0) is 31.0 Å². The molecule has 1 aliphatic rings. The van der Waals surface area contributed by atoms with E-state index in [0.717, 1.165) is 6.54 Å². The summed E-state index contributed by atoms with van der Waals surface area (Å²) < 4.78 is 0. The average Bonchev–Trinajstić information content (AvgIpc) is 2.27. The van der Waals surface area contributed by atoms with Crippen molar-refractivity contribution in [3.8, 4) is 0 Å². The predicted molar refractivity (Wildman–Crippen MR) is 75.7 cm³/mol. The van der Waals surface area contributed by atoms with Crippen LogP contribution in [0.2, 0.25) is 0 Å². The number of anilines is 1. The maximum Gasteiger partial charge on any atom is 0.305 e. The van der Waals surface area contributed by atoms with Gasteiger partial charge in [0.2, 0.25) is 0 Å². The Morgan fingerprint density at radius 3 is 2.89 bits per heavy atom. The summed E-state index contributed by atoms with van der Waals surface area (Å²) in [4.78, 5) is 14.3. The maximum absolute atomic E-state index is 10.7. The molecular weight excluding hydrogens is 246 g/mol. The average molecular weight is 265 g/mol. The molecule has 98 valence electrons. The molecule has 3 nitrogen and oxygen atoms in total. The highest BCUT2D eigenvalue weighted by molar-refractivity contribution is 8.00. The van der Waals surface area contributed by atoms with E-state index in [2.05, 4.69) is 37.8 Å². The van der Waals surface area contributed by atoms with Gasteiger partial charge in [-0.25, -0.2) is 0 Å². The molecule has 0 saturated carbocycles. The molecule has 0 radical (unpaired) electrons. The minimum absolute atomic E-state index is 0.198. The van der Waals surface area contributed by atoms with Crippen molar-refractivity contribution in [2.45, 2.75) is 37.3 Å². The molecule has 0 saturated heterocycles. The number of rotatable bonds is 3. The van der Waals surface area contributed by atoms with E-state index in [1.54, 1.807) is 0 Å². The van der Waals surface area contributed by atoms with E-state index in [1.165, 1.54) is 21.7 Å². The number of carboxylic acids is 1. The molecule has 18 heavy (non-hydrogen) atoms. The molecule has 0 fully saturated rings. The fourth-order valence-electron chi connectivity index (χ4n) is 2.41. The second kappa shape index (κ2) is 5.22. The highest BCUT2D eigenvalue weighted by Gasteiger charge is 2.24. The van der Waals surface area contributed by atoms with Crippen molar-refractivity contribution in [3.63, 3.8) is 0 Å². The molecule has 0 bridgehead atoms. The SMILES string of the molecule is Cc1cc(C)c2c(c1)N(CCC(=O)O)CC(C)S2. The summed E-state index contributed by atoms with van der Waals surface area (Å²) in [5.74, 6) is -0.730. The summed E-state index contributed by atoms with van der Waals surface area (Å²) in [6.07, 6.45) is 0.198. The molecule has 1 aliphatic heterocycles. The molecular formula is C14H19NO2S. The van der Waals surface area contributed by atoms with Crippen LogP contribution in [0.3, 0.4) is 0 Å². The van der Waals surface area contributed by atoms with Gasteiger partial charge in [-0.3, -0.25) is 4.79 Å². The highest BCUT2D eigenvalue weighted by atomic mass is 32.2. The molecule has 0 aliphatic carbocycles. The van der Waals surface area contributed by atoms with E-state index in [-0.39, 0.29) is 6.42 Å². The van der Waals surface area contributed by atoms with Crippen molar-refractivity contribution >= 4 is 23.4 Å². The smallest absolute Gasteiger partial charge is 0.305 e. The van der Waals surface area contributed by atoms with Crippen LogP contribution in [-0.2, 0) is 4.79 Å². The topological polar surface area (TPSA) is 40.5 Å². The highest BCUT2D eigenvalue weighted by Crippen LogP contribution is 2.41. The molecule has 1 unspecified atom stereocenters. The first-order valence-corrected chi connectivity index (χ1v) is 7.10. The number of carboxylic acid groups (broad SMARTS) is 1. The van der Waals surface area contributed by atoms with Crippen molar-refractivity contribution in [3.05, 3.63) is 23.3 Å². The number of fused-ring (bicyclic) bond motifs is 1. The molecule has 4 heteroatoms. The molecule has 1 aromatic carbocycles. The number of carbonyl (C=O) groups is 1. The summed E-state index contributed by atoms with van der Waals surface area (Å²) >= 11 is 1.90. The van der Waals surface area contributed by atoms with Gasteiger partial charge < -0.3 is 10.0 Å². The standard InChI is InChI=1S/C14H19NO2S/c1-9-6-10(2)14-12(7-9)15(5-4-13(16)17)8-11(3)18-14/h6-7,11H,4-5,8H2,1-3H3,(H,16,17). The molecule has 1 atom stereocenters. The van der Waals surface area contributed by atoms with Gasteiger partial charge in [0.05, 0.1) is 12.1 Å². The van der Waals surface area contributed by atoms with Gasteiger partial charge in [0.15, 0.2) is 0 Å². The van der Waals surface area contributed by atoms with E-state index in [0.29, 0.717) is 11.8 Å². The summed E-state index contributed by atoms with van der Waals surface area (Å²) in [6.45, 7) is 7.93. The third kappa shape index (κ3) is 2.80. The molecule has 1 heterocycles. The van der Waals surface area contributed by atoms with Crippen LogP contribution in [-0.4, -0.2) is 29.4 Å². The van der Waals surface area contributed by atoms with Crippen molar-refractivity contribution in [2.24, 2.45) is 0 Å². The van der Waals surface area contributed by atoms with Crippen LogP contribution in [0.25, 0.3) is 0 Å². The number of hydrogen-bond donors (Lipinski definition) is 1. The van der Waals surface area contributed by atoms with Crippen LogP contribution >= 0.6 is 11.8 Å². The Morgan fingerprint density at radius 1 is 1.50 bits per heavy atom.